The van der Waals surface area contributed by atoms with Crippen molar-refractivity contribution in [3.8, 4) is 0 Å². The molecule has 2 N–H and O–H groups in total. The van der Waals surface area contributed by atoms with E-state index in [1.54, 1.807) is 6.20 Å². The Labute approximate surface area is 107 Å². The smallest absolute Gasteiger partial charge is 0.159 e. The third-order valence-electron chi connectivity index (χ3n) is 2.91. The molecule has 0 aliphatic heterocycles. The highest BCUT2D eigenvalue weighted by molar-refractivity contribution is 5.63. The standard InChI is InChI=1S/C14H18N4/c1-10-6-11(2)8-13(7-10)18(3)14-12(9-15)4-5-16-17-14/h4-8H,9,15H2,1-3H3. The van der Waals surface area contributed by atoms with Crippen molar-refractivity contribution >= 4 is 11.5 Å². The third kappa shape index (κ3) is 2.49. The summed E-state index contributed by atoms with van der Waals surface area (Å²) in [5.41, 5.74) is 10.3. The first kappa shape index (κ1) is 12.5. The van der Waals surface area contributed by atoms with E-state index in [0.29, 0.717) is 6.54 Å². The first-order valence-corrected chi connectivity index (χ1v) is 5.94. The molecule has 0 atom stereocenters. The molecule has 2 rings (SSSR count). The molecule has 0 unspecified atom stereocenters. The molecule has 4 heteroatoms. The predicted molar refractivity (Wildman–Crippen MR) is 73.9 cm³/mol. The molecule has 0 fully saturated rings. The molecule has 0 amide bonds. The summed E-state index contributed by atoms with van der Waals surface area (Å²) in [4.78, 5) is 2.02. The van der Waals surface area contributed by atoms with Crippen LogP contribution in [0.2, 0.25) is 0 Å². The van der Waals surface area contributed by atoms with Crippen molar-refractivity contribution in [1.82, 2.24) is 10.2 Å². The fourth-order valence-corrected chi connectivity index (χ4v) is 2.06. The second-order valence-electron chi connectivity index (χ2n) is 4.49. The molecule has 4 nitrogen and oxygen atoms in total. The molecule has 0 radical (unpaired) electrons. The van der Waals surface area contributed by atoms with Gasteiger partial charge in [-0.15, -0.1) is 5.10 Å². The van der Waals surface area contributed by atoms with Gasteiger partial charge in [0.05, 0.1) is 6.20 Å². The van der Waals surface area contributed by atoms with Crippen molar-refractivity contribution < 1.29 is 0 Å². The molecule has 2 aromatic rings. The van der Waals surface area contributed by atoms with Crippen LogP contribution in [0.15, 0.2) is 30.5 Å². The zero-order chi connectivity index (χ0) is 13.1. The number of benzene rings is 1. The van der Waals surface area contributed by atoms with E-state index >= 15 is 0 Å². The summed E-state index contributed by atoms with van der Waals surface area (Å²) in [7, 11) is 1.98. The average Bonchev–Trinajstić information content (AvgIpc) is 2.36. The van der Waals surface area contributed by atoms with E-state index in [-0.39, 0.29) is 0 Å². The SMILES string of the molecule is Cc1cc(C)cc(N(C)c2nnccc2CN)c1. The lowest BCUT2D eigenvalue weighted by molar-refractivity contribution is 0.933. The van der Waals surface area contributed by atoms with Crippen LogP contribution in [-0.2, 0) is 6.54 Å². The summed E-state index contributed by atoms with van der Waals surface area (Å²) in [6, 6.07) is 8.31. The van der Waals surface area contributed by atoms with Gasteiger partial charge in [0.1, 0.15) is 0 Å². The minimum Gasteiger partial charge on any atom is -0.328 e. The lowest BCUT2D eigenvalue weighted by atomic mass is 10.1. The topological polar surface area (TPSA) is 55.0 Å². The number of rotatable bonds is 3. The molecule has 0 spiro atoms. The molecular formula is C14H18N4. The van der Waals surface area contributed by atoms with Gasteiger partial charge in [-0.05, 0) is 43.2 Å². The zero-order valence-corrected chi connectivity index (χ0v) is 11.0. The number of hydrogen-bond acceptors (Lipinski definition) is 4. The monoisotopic (exact) mass is 242 g/mol. The Hall–Kier alpha value is -1.94. The van der Waals surface area contributed by atoms with Gasteiger partial charge in [-0.3, -0.25) is 0 Å². The first-order chi connectivity index (χ1) is 8.61. The summed E-state index contributed by atoms with van der Waals surface area (Å²) in [5.74, 6) is 0.810. The molecule has 0 aliphatic carbocycles. The van der Waals surface area contributed by atoms with Crippen molar-refractivity contribution in [2.75, 3.05) is 11.9 Å². The van der Waals surface area contributed by atoms with E-state index in [0.717, 1.165) is 17.1 Å². The van der Waals surface area contributed by atoms with Gasteiger partial charge in [-0.2, -0.15) is 5.10 Å². The number of anilines is 2. The van der Waals surface area contributed by atoms with Crippen molar-refractivity contribution in [2.45, 2.75) is 20.4 Å². The van der Waals surface area contributed by atoms with Crippen LogP contribution < -0.4 is 10.6 Å². The highest BCUT2D eigenvalue weighted by Gasteiger charge is 2.10. The second kappa shape index (κ2) is 5.14. The van der Waals surface area contributed by atoms with Crippen molar-refractivity contribution in [2.24, 2.45) is 5.73 Å². The number of aryl methyl sites for hydroxylation is 2. The summed E-state index contributed by atoms with van der Waals surface area (Å²) in [6.07, 6.45) is 1.67. The van der Waals surface area contributed by atoms with Gasteiger partial charge in [0, 0.05) is 24.8 Å². The van der Waals surface area contributed by atoms with Gasteiger partial charge >= 0.3 is 0 Å². The van der Waals surface area contributed by atoms with Gasteiger partial charge in [0.25, 0.3) is 0 Å². The largest absolute Gasteiger partial charge is 0.328 e. The van der Waals surface area contributed by atoms with Gasteiger partial charge in [-0.1, -0.05) is 6.07 Å². The fraction of sp³-hybridized carbons (Fsp3) is 0.286. The van der Waals surface area contributed by atoms with Crippen LogP contribution in [0.4, 0.5) is 11.5 Å². The van der Waals surface area contributed by atoms with Crippen molar-refractivity contribution in [3.05, 3.63) is 47.2 Å². The van der Waals surface area contributed by atoms with Crippen molar-refractivity contribution in [1.29, 1.82) is 0 Å². The number of nitrogens with two attached hydrogens (primary N) is 1. The number of hydrogen-bond donors (Lipinski definition) is 1. The van der Waals surface area contributed by atoms with E-state index in [9.17, 15) is 0 Å². The van der Waals surface area contributed by atoms with Crippen LogP contribution in [0, 0.1) is 13.8 Å². The lowest BCUT2D eigenvalue weighted by Crippen LogP contribution is -2.16. The Morgan fingerprint density at radius 1 is 1.17 bits per heavy atom. The summed E-state index contributed by atoms with van der Waals surface area (Å²) >= 11 is 0. The Bertz CT molecular complexity index is 531. The van der Waals surface area contributed by atoms with Crippen LogP contribution >= 0.6 is 0 Å². The molecule has 0 saturated heterocycles. The number of aromatic nitrogens is 2. The third-order valence-corrected chi connectivity index (χ3v) is 2.91. The molecule has 0 bridgehead atoms. The molecular weight excluding hydrogens is 224 g/mol. The molecule has 1 heterocycles. The van der Waals surface area contributed by atoms with Crippen LogP contribution in [0.25, 0.3) is 0 Å². The van der Waals surface area contributed by atoms with Gasteiger partial charge < -0.3 is 10.6 Å². The quantitative estimate of drug-likeness (QED) is 0.897. The summed E-state index contributed by atoms with van der Waals surface area (Å²) in [5, 5.41) is 8.12. The van der Waals surface area contributed by atoms with E-state index in [4.69, 9.17) is 5.73 Å². The van der Waals surface area contributed by atoms with Gasteiger partial charge in [-0.25, -0.2) is 0 Å². The Morgan fingerprint density at radius 2 is 1.83 bits per heavy atom. The van der Waals surface area contributed by atoms with E-state index in [2.05, 4.69) is 42.2 Å². The zero-order valence-electron chi connectivity index (χ0n) is 11.0. The summed E-state index contributed by atoms with van der Waals surface area (Å²) in [6.45, 7) is 4.63. The Kier molecular flexibility index (Phi) is 3.58. The molecule has 1 aromatic carbocycles. The van der Waals surface area contributed by atoms with Gasteiger partial charge in [0.2, 0.25) is 0 Å². The second-order valence-corrected chi connectivity index (χ2v) is 4.49. The maximum atomic E-state index is 5.73. The number of nitrogens with zero attached hydrogens (tertiary/aromatic N) is 3. The maximum absolute atomic E-state index is 5.73. The molecule has 94 valence electrons. The Morgan fingerprint density at radius 3 is 2.44 bits per heavy atom. The van der Waals surface area contributed by atoms with E-state index in [1.165, 1.54) is 11.1 Å². The predicted octanol–water partition coefficient (Wildman–Crippen LogP) is 2.32. The van der Waals surface area contributed by atoms with Crippen LogP contribution in [0.3, 0.4) is 0 Å². The lowest BCUT2D eigenvalue weighted by Gasteiger charge is -2.21. The average molecular weight is 242 g/mol. The molecule has 0 saturated carbocycles. The highest BCUT2D eigenvalue weighted by atomic mass is 15.2. The summed E-state index contributed by atoms with van der Waals surface area (Å²) < 4.78 is 0. The molecule has 18 heavy (non-hydrogen) atoms. The van der Waals surface area contributed by atoms with E-state index < -0.39 is 0 Å². The van der Waals surface area contributed by atoms with Crippen molar-refractivity contribution in [3.63, 3.8) is 0 Å². The first-order valence-electron chi connectivity index (χ1n) is 5.94. The Balaban J connectivity index is 2.44. The van der Waals surface area contributed by atoms with Gasteiger partial charge in [0.15, 0.2) is 5.82 Å². The van der Waals surface area contributed by atoms with Crippen LogP contribution in [0.5, 0.6) is 0 Å². The highest BCUT2D eigenvalue weighted by Crippen LogP contribution is 2.25. The fourth-order valence-electron chi connectivity index (χ4n) is 2.06. The normalized spacial score (nSPS) is 10.4. The minimum atomic E-state index is 0.458. The molecule has 1 aromatic heterocycles. The maximum Gasteiger partial charge on any atom is 0.159 e. The van der Waals surface area contributed by atoms with Crippen LogP contribution in [-0.4, -0.2) is 17.2 Å². The van der Waals surface area contributed by atoms with Crippen LogP contribution in [0.1, 0.15) is 16.7 Å². The molecule has 0 aliphatic rings. The van der Waals surface area contributed by atoms with E-state index in [1.807, 2.05) is 18.0 Å². The minimum absolute atomic E-state index is 0.458.